The van der Waals surface area contributed by atoms with Crippen LogP contribution in [0.5, 0.6) is 0 Å². The van der Waals surface area contributed by atoms with Gasteiger partial charge in [0, 0.05) is 7.11 Å². The highest BCUT2D eigenvalue weighted by atomic mass is 16.5. The summed E-state index contributed by atoms with van der Waals surface area (Å²) < 4.78 is 5.55. The lowest BCUT2D eigenvalue weighted by Crippen LogP contribution is -2.49. The van der Waals surface area contributed by atoms with E-state index in [1.54, 1.807) is 7.11 Å². The molecular weight excluding hydrogens is 150 g/mol. The smallest absolute Gasteiger partial charge is 0.0861 e. The van der Waals surface area contributed by atoms with Crippen LogP contribution in [0.15, 0.2) is 12.7 Å². The first kappa shape index (κ1) is 11.7. The summed E-state index contributed by atoms with van der Waals surface area (Å²) in [6.45, 7) is 8.08. The summed E-state index contributed by atoms with van der Waals surface area (Å²) in [6, 6.07) is 0.234. The van der Waals surface area contributed by atoms with Crippen molar-refractivity contribution in [1.29, 1.82) is 0 Å². The number of likely N-dealkylation sites (N-methyl/N-ethyl adjacent to an activating group) is 1. The highest BCUT2D eigenvalue weighted by molar-refractivity contribution is 5.00. The van der Waals surface area contributed by atoms with Crippen LogP contribution in [0.2, 0.25) is 0 Å². The zero-order valence-corrected chi connectivity index (χ0v) is 8.68. The van der Waals surface area contributed by atoms with E-state index >= 15 is 0 Å². The van der Waals surface area contributed by atoms with Crippen LogP contribution in [0, 0.1) is 0 Å². The minimum atomic E-state index is -0.0868. The fourth-order valence-electron chi connectivity index (χ4n) is 1.70. The van der Waals surface area contributed by atoms with Crippen molar-refractivity contribution in [1.82, 2.24) is 5.32 Å². The average Bonchev–Trinajstić information content (AvgIpc) is 2.14. The highest BCUT2D eigenvalue weighted by Crippen LogP contribution is 2.24. The number of methoxy groups -OCH3 is 1. The van der Waals surface area contributed by atoms with Crippen molar-refractivity contribution < 1.29 is 4.74 Å². The normalized spacial score (nSPS) is 14.3. The molecule has 0 radical (unpaired) electrons. The minimum Gasteiger partial charge on any atom is -0.376 e. The second-order valence-corrected chi connectivity index (χ2v) is 2.98. The first-order valence-electron chi connectivity index (χ1n) is 4.55. The first-order valence-corrected chi connectivity index (χ1v) is 4.55. The summed E-state index contributed by atoms with van der Waals surface area (Å²) >= 11 is 0. The Morgan fingerprint density at radius 3 is 2.08 bits per heavy atom. The summed E-state index contributed by atoms with van der Waals surface area (Å²) in [4.78, 5) is 0. The largest absolute Gasteiger partial charge is 0.376 e. The lowest BCUT2D eigenvalue weighted by Gasteiger charge is -2.36. The molecule has 0 fully saturated rings. The molecule has 0 saturated carbocycles. The SMILES string of the molecule is C=CC(NC)C(CC)(CC)OC. The van der Waals surface area contributed by atoms with Gasteiger partial charge in [-0.1, -0.05) is 19.9 Å². The molecule has 0 aliphatic rings. The highest BCUT2D eigenvalue weighted by Gasteiger charge is 2.32. The van der Waals surface area contributed by atoms with Gasteiger partial charge >= 0.3 is 0 Å². The molecule has 0 saturated heterocycles. The topological polar surface area (TPSA) is 21.3 Å². The molecule has 0 aromatic rings. The van der Waals surface area contributed by atoms with Crippen molar-refractivity contribution in [3.8, 4) is 0 Å². The minimum absolute atomic E-state index is 0.0868. The zero-order chi connectivity index (χ0) is 9.61. The van der Waals surface area contributed by atoms with Crippen molar-refractivity contribution in [2.75, 3.05) is 14.2 Å². The van der Waals surface area contributed by atoms with Crippen LogP contribution < -0.4 is 5.32 Å². The van der Waals surface area contributed by atoms with E-state index in [4.69, 9.17) is 4.74 Å². The Bertz CT molecular complexity index is 122. The van der Waals surface area contributed by atoms with Crippen molar-refractivity contribution in [3.63, 3.8) is 0 Å². The molecule has 0 aliphatic heterocycles. The summed E-state index contributed by atoms with van der Waals surface area (Å²) in [5, 5.41) is 3.20. The van der Waals surface area contributed by atoms with Gasteiger partial charge in [0.05, 0.1) is 11.6 Å². The van der Waals surface area contributed by atoms with E-state index in [0.717, 1.165) is 12.8 Å². The molecular formula is C10H21NO. The monoisotopic (exact) mass is 171 g/mol. The number of rotatable bonds is 6. The second kappa shape index (κ2) is 5.33. The van der Waals surface area contributed by atoms with Gasteiger partial charge in [0.2, 0.25) is 0 Å². The van der Waals surface area contributed by atoms with Gasteiger partial charge < -0.3 is 10.1 Å². The number of hydrogen-bond acceptors (Lipinski definition) is 2. The van der Waals surface area contributed by atoms with E-state index in [1.165, 1.54) is 0 Å². The van der Waals surface area contributed by atoms with Gasteiger partial charge in [0.25, 0.3) is 0 Å². The quantitative estimate of drug-likeness (QED) is 0.617. The van der Waals surface area contributed by atoms with Crippen LogP contribution in [-0.4, -0.2) is 25.8 Å². The van der Waals surface area contributed by atoms with Gasteiger partial charge in [-0.05, 0) is 19.9 Å². The Kier molecular flexibility index (Phi) is 5.18. The lowest BCUT2D eigenvalue weighted by atomic mass is 9.88. The Labute approximate surface area is 76.0 Å². The molecule has 0 aromatic carbocycles. The summed E-state index contributed by atoms with van der Waals surface area (Å²) in [5.41, 5.74) is -0.0868. The van der Waals surface area contributed by atoms with Gasteiger partial charge in [-0.3, -0.25) is 0 Å². The van der Waals surface area contributed by atoms with Crippen molar-refractivity contribution in [3.05, 3.63) is 12.7 Å². The molecule has 12 heavy (non-hydrogen) atoms. The molecule has 0 rings (SSSR count). The lowest BCUT2D eigenvalue weighted by molar-refractivity contribution is -0.0334. The second-order valence-electron chi connectivity index (χ2n) is 2.98. The third kappa shape index (κ3) is 2.08. The average molecular weight is 171 g/mol. The Morgan fingerprint density at radius 2 is 2.00 bits per heavy atom. The Hall–Kier alpha value is -0.340. The van der Waals surface area contributed by atoms with Crippen molar-refractivity contribution >= 4 is 0 Å². The fraction of sp³-hybridized carbons (Fsp3) is 0.800. The molecule has 1 atom stereocenters. The zero-order valence-electron chi connectivity index (χ0n) is 8.68. The van der Waals surface area contributed by atoms with Gasteiger partial charge in [-0.15, -0.1) is 6.58 Å². The fourth-order valence-corrected chi connectivity index (χ4v) is 1.70. The van der Waals surface area contributed by atoms with Crippen molar-refractivity contribution in [2.45, 2.75) is 38.3 Å². The van der Waals surface area contributed by atoms with Gasteiger partial charge in [0.15, 0.2) is 0 Å². The predicted octanol–water partition coefficient (Wildman–Crippen LogP) is 1.97. The molecule has 72 valence electrons. The number of ether oxygens (including phenoxy) is 1. The molecule has 2 heteroatoms. The van der Waals surface area contributed by atoms with Gasteiger partial charge in [0.1, 0.15) is 0 Å². The third-order valence-corrected chi connectivity index (χ3v) is 2.72. The van der Waals surface area contributed by atoms with Crippen LogP contribution in [0.25, 0.3) is 0 Å². The summed E-state index contributed by atoms with van der Waals surface area (Å²) in [5.74, 6) is 0. The maximum Gasteiger partial charge on any atom is 0.0861 e. The molecule has 0 aromatic heterocycles. The van der Waals surface area contributed by atoms with E-state index < -0.39 is 0 Å². The molecule has 0 amide bonds. The van der Waals surface area contributed by atoms with E-state index in [-0.39, 0.29) is 11.6 Å². The maximum atomic E-state index is 5.55. The van der Waals surface area contributed by atoms with Crippen LogP contribution >= 0.6 is 0 Å². The van der Waals surface area contributed by atoms with E-state index in [9.17, 15) is 0 Å². The summed E-state index contributed by atoms with van der Waals surface area (Å²) in [7, 11) is 3.70. The van der Waals surface area contributed by atoms with Gasteiger partial charge in [-0.25, -0.2) is 0 Å². The molecule has 0 spiro atoms. The molecule has 0 heterocycles. The summed E-state index contributed by atoms with van der Waals surface area (Å²) in [6.07, 6.45) is 3.91. The molecule has 2 nitrogen and oxygen atoms in total. The van der Waals surface area contributed by atoms with Crippen LogP contribution in [-0.2, 0) is 4.74 Å². The predicted molar refractivity (Wildman–Crippen MR) is 53.4 cm³/mol. The van der Waals surface area contributed by atoms with E-state index in [2.05, 4.69) is 25.7 Å². The van der Waals surface area contributed by atoms with E-state index in [0.29, 0.717) is 0 Å². The Balaban J connectivity index is 4.53. The molecule has 1 unspecified atom stereocenters. The number of hydrogen-bond donors (Lipinski definition) is 1. The third-order valence-electron chi connectivity index (χ3n) is 2.72. The van der Waals surface area contributed by atoms with Crippen LogP contribution in [0.4, 0.5) is 0 Å². The van der Waals surface area contributed by atoms with E-state index in [1.807, 2.05) is 13.1 Å². The van der Waals surface area contributed by atoms with Crippen LogP contribution in [0.3, 0.4) is 0 Å². The van der Waals surface area contributed by atoms with Crippen LogP contribution in [0.1, 0.15) is 26.7 Å². The number of nitrogens with one attached hydrogen (secondary N) is 1. The van der Waals surface area contributed by atoms with Gasteiger partial charge in [-0.2, -0.15) is 0 Å². The molecule has 0 bridgehead atoms. The Morgan fingerprint density at radius 1 is 1.50 bits per heavy atom. The first-order chi connectivity index (χ1) is 5.70. The standard InChI is InChI=1S/C10H21NO/c1-6-9(11-4)10(7-2,8-3)12-5/h6,9,11H,1,7-8H2,2-5H3. The molecule has 1 N–H and O–H groups in total. The maximum absolute atomic E-state index is 5.55. The molecule has 0 aliphatic carbocycles. The van der Waals surface area contributed by atoms with Crippen molar-refractivity contribution in [2.24, 2.45) is 0 Å².